The minimum absolute atomic E-state index is 0.266. The molecule has 9 heteroatoms. The number of carbonyl (C=O) groups is 1. The van der Waals surface area contributed by atoms with Crippen molar-refractivity contribution < 1.29 is 13.2 Å². The first-order chi connectivity index (χ1) is 8.92. The molecular weight excluding hydrogens is 270 g/mol. The van der Waals surface area contributed by atoms with Gasteiger partial charge in [0.1, 0.15) is 5.82 Å². The molecule has 0 atom stereocenters. The zero-order chi connectivity index (χ0) is 14.3. The molecule has 0 aliphatic carbocycles. The molecule has 0 saturated carbocycles. The average Bonchev–Trinajstić information content (AvgIpc) is 2.37. The number of amides is 1. The minimum Gasteiger partial charge on any atom is -0.352 e. The maximum Gasteiger partial charge on any atom is 0.251 e. The third-order valence-corrected chi connectivity index (χ3v) is 2.90. The second kappa shape index (κ2) is 7.02. The number of rotatable bonds is 7. The molecule has 0 aliphatic heterocycles. The topological polar surface area (TPSA) is 126 Å². The molecule has 0 bridgehead atoms. The van der Waals surface area contributed by atoms with Gasteiger partial charge in [-0.3, -0.25) is 4.79 Å². The van der Waals surface area contributed by atoms with Gasteiger partial charge in [0.15, 0.2) is 0 Å². The summed E-state index contributed by atoms with van der Waals surface area (Å²) >= 11 is 0. The molecule has 0 spiro atoms. The van der Waals surface area contributed by atoms with Crippen LogP contribution in [0, 0.1) is 0 Å². The van der Waals surface area contributed by atoms with E-state index in [0.717, 1.165) is 6.26 Å². The molecule has 106 valence electrons. The van der Waals surface area contributed by atoms with Crippen LogP contribution in [0.25, 0.3) is 0 Å². The van der Waals surface area contributed by atoms with Gasteiger partial charge in [-0.15, -0.1) is 0 Å². The van der Waals surface area contributed by atoms with E-state index < -0.39 is 10.0 Å². The van der Waals surface area contributed by atoms with Crippen molar-refractivity contribution in [2.24, 2.45) is 5.84 Å². The lowest BCUT2D eigenvalue weighted by Gasteiger charge is -2.06. The van der Waals surface area contributed by atoms with Gasteiger partial charge >= 0.3 is 0 Å². The summed E-state index contributed by atoms with van der Waals surface area (Å²) in [6, 6.07) is 3.08. The molecule has 0 radical (unpaired) electrons. The number of carbonyl (C=O) groups excluding carboxylic acids is 1. The fourth-order valence-corrected chi connectivity index (χ4v) is 1.82. The standard InChI is InChI=1S/C10H17N5O3S/c1-19(17,18)14-5-2-4-13-10(16)8-3-6-12-9(7-8)15-11/h3,6-7,14H,2,4-5,11H2,1H3,(H,12,15)(H,13,16). The molecule has 5 N–H and O–H groups in total. The summed E-state index contributed by atoms with van der Waals surface area (Å²) in [6.45, 7) is 0.653. The maximum atomic E-state index is 11.7. The summed E-state index contributed by atoms with van der Waals surface area (Å²) in [5, 5.41) is 2.67. The molecule has 1 heterocycles. The van der Waals surface area contributed by atoms with Crippen molar-refractivity contribution in [3.8, 4) is 0 Å². The first-order valence-electron chi connectivity index (χ1n) is 5.58. The van der Waals surface area contributed by atoms with Crippen LogP contribution in [-0.4, -0.2) is 38.7 Å². The van der Waals surface area contributed by atoms with Crippen LogP contribution in [-0.2, 0) is 10.0 Å². The van der Waals surface area contributed by atoms with Crippen LogP contribution in [0.3, 0.4) is 0 Å². The number of nitrogen functional groups attached to an aromatic ring is 1. The van der Waals surface area contributed by atoms with Crippen LogP contribution in [0.15, 0.2) is 18.3 Å². The van der Waals surface area contributed by atoms with Crippen molar-refractivity contribution in [3.05, 3.63) is 23.9 Å². The van der Waals surface area contributed by atoms with E-state index in [0.29, 0.717) is 24.3 Å². The fourth-order valence-electron chi connectivity index (χ4n) is 1.30. The molecule has 19 heavy (non-hydrogen) atoms. The van der Waals surface area contributed by atoms with E-state index in [-0.39, 0.29) is 12.5 Å². The van der Waals surface area contributed by atoms with Crippen LogP contribution in [0.2, 0.25) is 0 Å². The van der Waals surface area contributed by atoms with Gasteiger partial charge in [-0.25, -0.2) is 24.0 Å². The van der Waals surface area contributed by atoms with Gasteiger partial charge in [0.25, 0.3) is 5.91 Å². The monoisotopic (exact) mass is 287 g/mol. The number of hydrogen-bond donors (Lipinski definition) is 4. The number of hydrazine groups is 1. The van der Waals surface area contributed by atoms with Gasteiger partial charge in [-0.05, 0) is 18.6 Å². The second-order valence-electron chi connectivity index (χ2n) is 3.85. The number of nitrogens with zero attached hydrogens (tertiary/aromatic N) is 1. The number of aromatic nitrogens is 1. The summed E-state index contributed by atoms with van der Waals surface area (Å²) in [7, 11) is -3.18. The lowest BCUT2D eigenvalue weighted by Crippen LogP contribution is -2.29. The Morgan fingerprint density at radius 3 is 2.79 bits per heavy atom. The second-order valence-corrected chi connectivity index (χ2v) is 5.68. The molecule has 1 aromatic rings. The van der Waals surface area contributed by atoms with Gasteiger partial charge in [-0.1, -0.05) is 0 Å². The summed E-state index contributed by atoms with van der Waals surface area (Å²) in [4.78, 5) is 15.6. The Morgan fingerprint density at radius 1 is 1.42 bits per heavy atom. The highest BCUT2D eigenvalue weighted by Gasteiger charge is 2.06. The van der Waals surface area contributed by atoms with Crippen molar-refractivity contribution >= 4 is 21.7 Å². The van der Waals surface area contributed by atoms with Crippen LogP contribution in [0.4, 0.5) is 5.82 Å². The van der Waals surface area contributed by atoms with Crippen LogP contribution < -0.4 is 21.3 Å². The largest absolute Gasteiger partial charge is 0.352 e. The number of pyridine rings is 1. The molecule has 0 saturated heterocycles. The number of nitrogens with one attached hydrogen (secondary N) is 3. The Morgan fingerprint density at radius 2 is 2.16 bits per heavy atom. The van der Waals surface area contributed by atoms with Crippen molar-refractivity contribution in [1.29, 1.82) is 0 Å². The van der Waals surface area contributed by atoms with Crippen LogP contribution in [0.5, 0.6) is 0 Å². The Hall–Kier alpha value is -1.71. The SMILES string of the molecule is CS(=O)(=O)NCCCNC(=O)c1ccnc(NN)c1. The molecule has 8 nitrogen and oxygen atoms in total. The first kappa shape index (κ1) is 15.3. The fraction of sp³-hybridized carbons (Fsp3) is 0.400. The van der Waals surface area contributed by atoms with Crippen molar-refractivity contribution in [3.63, 3.8) is 0 Å². The highest BCUT2D eigenvalue weighted by molar-refractivity contribution is 7.88. The third kappa shape index (κ3) is 6.13. The number of hydrogen-bond acceptors (Lipinski definition) is 6. The first-order valence-corrected chi connectivity index (χ1v) is 7.47. The van der Waals surface area contributed by atoms with Gasteiger partial charge in [0, 0.05) is 24.8 Å². The third-order valence-electron chi connectivity index (χ3n) is 2.17. The summed E-state index contributed by atoms with van der Waals surface area (Å²) in [5.74, 6) is 5.32. The highest BCUT2D eigenvalue weighted by Crippen LogP contribution is 2.04. The van der Waals surface area contributed by atoms with Crippen molar-refractivity contribution in [2.45, 2.75) is 6.42 Å². The minimum atomic E-state index is -3.18. The molecule has 1 amide bonds. The lowest BCUT2D eigenvalue weighted by atomic mass is 10.2. The Balaban J connectivity index is 2.35. The predicted molar refractivity (Wildman–Crippen MR) is 71.8 cm³/mol. The number of sulfonamides is 1. The molecule has 0 unspecified atom stereocenters. The average molecular weight is 287 g/mol. The molecule has 0 aliphatic rings. The smallest absolute Gasteiger partial charge is 0.251 e. The molecular formula is C10H17N5O3S. The van der Waals surface area contributed by atoms with Gasteiger partial charge < -0.3 is 10.7 Å². The van der Waals surface area contributed by atoms with E-state index in [1.807, 2.05) is 0 Å². The zero-order valence-corrected chi connectivity index (χ0v) is 11.3. The van der Waals surface area contributed by atoms with E-state index in [1.165, 1.54) is 12.3 Å². The molecule has 1 aromatic heterocycles. The van der Waals surface area contributed by atoms with E-state index in [1.54, 1.807) is 6.07 Å². The van der Waals surface area contributed by atoms with Crippen molar-refractivity contribution in [1.82, 2.24) is 15.0 Å². The Labute approximate surface area is 111 Å². The summed E-state index contributed by atoms with van der Waals surface area (Å²) in [5.41, 5.74) is 2.78. The van der Waals surface area contributed by atoms with Crippen LogP contribution in [0.1, 0.15) is 16.8 Å². The maximum absolute atomic E-state index is 11.7. The Kier molecular flexibility index (Phi) is 5.67. The lowest BCUT2D eigenvalue weighted by molar-refractivity contribution is 0.0953. The zero-order valence-electron chi connectivity index (χ0n) is 10.5. The predicted octanol–water partition coefficient (Wildman–Crippen LogP) is -0.964. The molecule has 1 rings (SSSR count). The molecule has 0 aromatic carbocycles. The summed E-state index contributed by atoms with van der Waals surface area (Å²) < 4.78 is 23.9. The van der Waals surface area contributed by atoms with E-state index in [4.69, 9.17) is 5.84 Å². The van der Waals surface area contributed by atoms with Gasteiger partial charge in [0.2, 0.25) is 10.0 Å². The van der Waals surface area contributed by atoms with Crippen LogP contribution >= 0.6 is 0 Å². The van der Waals surface area contributed by atoms with E-state index in [2.05, 4.69) is 20.4 Å². The van der Waals surface area contributed by atoms with Crippen molar-refractivity contribution in [2.75, 3.05) is 24.8 Å². The van der Waals surface area contributed by atoms with E-state index in [9.17, 15) is 13.2 Å². The number of nitrogens with two attached hydrogens (primary N) is 1. The van der Waals surface area contributed by atoms with Gasteiger partial charge in [0.05, 0.1) is 6.26 Å². The number of anilines is 1. The normalized spacial score (nSPS) is 11.1. The quantitative estimate of drug-likeness (QED) is 0.290. The highest BCUT2D eigenvalue weighted by atomic mass is 32.2. The summed E-state index contributed by atoms with van der Waals surface area (Å²) in [6.07, 6.45) is 3.06. The van der Waals surface area contributed by atoms with E-state index >= 15 is 0 Å². The molecule has 0 fully saturated rings. The van der Waals surface area contributed by atoms with Gasteiger partial charge in [-0.2, -0.15) is 0 Å². The Bertz CT molecular complexity index is 532.